The molecule has 0 aliphatic carbocycles. The van der Waals surface area contributed by atoms with Crippen molar-refractivity contribution in [3.63, 3.8) is 0 Å². The second-order valence-electron chi connectivity index (χ2n) is 5.32. The monoisotopic (exact) mass is 303 g/mol. The maximum absolute atomic E-state index is 5.17. The van der Waals surface area contributed by atoms with Gasteiger partial charge in [0.2, 0.25) is 0 Å². The Hall–Kier alpha value is -3.09. The highest BCUT2D eigenvalue weighted by molar-refractivity contribution is 6.36. The van der Waals surface area contributed by atoms with Gasteiger partial charge >= 0.3 is 0 Å². The fourth-order valence-corrected chi connectivity index (χ4v) is 2.45. The third-order valence-electron chi connectivity index (χ3n) is 3.66. The standard InChI is InChI=1S/C16H14BN5O/c17-13-9-20-22-15(19-8-11-2-1-4-18-7-11)6-14(21-16(13)22)12-3-5-23-10-12/h1-7,9-10,19H,8,17H2. The van der Waals surface area contributed by atoms with E-state index < -0.39 is 0 Å². The van der Waals surface area contributed by atoms with Crippen LogP contribution in [0.3, 0.4) is 0 Å². The molecule has 0 aliphatic heterocycles. The molecule has 4 heterocycles. The van der Waals surface area contributed by atoms with Crippen LogP contribution in [0, 0.1) is 0 Å². The maximum Gasteiger partial charge on any atom is 0.151 e. The number of hydrogen-bond acceptors (Lipinski definition) is 5. The van der Waals surface area contributed by atoms with Crippen LogP contribution in [0.15, 0.2) is 59.8 Å². The zero-order valence-electron chi connectivity index (χ0n) is 12.6. The van der Waals surface area contributed by atoms with E-state index in [9.17, 15) is 0 Å². The number of furan rings is 1. The average molecular weight is 303 g/mol. The second kappa shape index (κ2) is 5.60. The van der Waals surface area contributed by atoms with Crippen LogP contribution in [0.4, 0.5) is 5.82 Å². The van der Waals surface area contributed by atoms with Crippen molar-refractivity contribution in [3.05, 3.63) is 60.9 Å². The van der Waals surface area contributed by atoms with E-state index in [2.05, 4.69) is 20.4 Å². The summed E-state index contributed by atoms with van der Waals surface area (Å²) in [5.74, 6) is 0.878. The zero-order chi connectivity index (χ0) is 15.6. The summed E-state index contributed by atoms with van der Waals surface area (Å²) in [4.78, 5) is 8.82. The molecule has 7 heteroatoms. The lowest BCUT2D eigenvalue weighted by atomic mass is 10.0. The van der Waals surface area contributed by atoms with Crippen molar-refractivity contribution in [2.24, 2.45) is 0 Å². The molecule has 0 radical (unpaired) electrons. The number of fused-ring (bicyclic) bond motifs is 1. The SMILES string of the molecule is Bc1cnn2c(NCc3cccnc3)cc(-c3ccoc3)nc12. The Labute approximate surface area is 133 Å². The van der Waals surface area contributed by atoms with Crippen molar-refractivity contribution in [1.82, 2.24) is 19.6 Å². The van der Waals surface area contributed by atoms with Gasteiger partial charge in [0, 0.05) is 36.8 Å². The fraction of sp³-hybridized carbons (Fsp3) is 0.0625. The van der Waals surface area contributed by atoms with Crippen molar-refractivity contribution in [3.8, 4) is 11.3 Å². The number of rotatable bonds is 4. The molecule has 1 N–H and O–H groups in total. The van der Waals surface area contributed by atoms with Gasteiger partial charge < -0.3 is 9.73 Å². The molecular formula is C16H14BN5O. The largest absolute Gasteiger partial charge is 0.472 e. The summed E-state index contributed by atoms with van der Waals surface area (Å²) >= 11 is 0. The van der Waals surface area contributed by atoms with Crippen LogP contribution in [-0.4, -0.2) is 27.4 Å². The molecule has 0 aromatic carbocycles. The van der Waals surface area contributed by atoms with Crippen LogP contribution in [-0.2, 0) is 6.54 Å². The number of anilines is 1. The molecule has 0 saturated heterocycles. The Morgan fingerprint density at radius 3 is 3.00 bits per heavy atom. The van der Waals surface area contributed by atoms with E-state index in [4.69, 9.17) is 4.42 Å². The lowest BCUT2D eigenvalue weighted by Crippen LogP contribution is -2.09. The molecule has 4 aromatic rings. The quantitative estimate of drug-likeness (QED) is 0.575. The van der Waals surface area contributed by atoms with Gasteiger partial charge in [0.1, 0.15) is 13.7 Å². The summed E-state index contributed by atoms with van der Waals surface area (Å²) in [7, 11) is 2.00. The van der Waals surface area contributed by atoms with Crippen LogP contribution in [0.5, 0.6) is 0 Å². The first kappa shape index (κ1) is 13.6. The van der Waals surface area contributed by atoms with E-state index in [0.717, 1.165) is 33.7 Å². The predicted molar refractivity (Wildman–Crippen MR) is 90.4 cm³/mol. The lowest BCUT2D eigenvalue weighted by Gasteiger charge is -2.10. The van der Waals surface area contributed by atoms with E-state index in [1.54, 1.807) is 18.7 Å². The van der Waals surface area contributed by atoms with Crippen molar-refractivity contribution < 1.29 is 4.42 Å². The smallest absolute Gasteiger partial charge is 0.151 e. The average Bonchev–Trinajstić information content (AvgIpc) is 3.24. The number of nitrogens with one attached hydrogen (secondary N) is 1. The van der Waals surface area contributed by atoms with Crippen LogP contribution in [0.1, 0.15) is 5.56 Å². The van der Waals surface area contributed by atoms with E-state index in [-0.39, 0.29) is 0 Å². The topological polar surface area (TPSA) is 68.2 Å². The number of hydrogen-bond donors (Lipinski definition) is 1. The molecule has 0 unspecified atom stereocenters. The third kappa shape index (κ3) is 2.57. The molecule has 4 aromatic heterocycles. The van der Waals surface area contributed by atoms with Crippen LogP contribution in [0.25, 0.3) is 16.9 Å². The van der Waals surface area contributed by atoms with Gasteiger partial charge in [0.15, 0.2) is 5.65 Å². The summed E-state index contributed by atoms with van der Waals surface area (Å²) in [6, 6.07) is 7.83. The lowest BCUT2D eigenvalue weighted by molar-refractivity contribution is 0.568. The van der Waals surface area contributed by atoms with E-state index >= 15 is 0 Å². The molecule has 6 nitrogen and oxygen atoms in total. The molecule has 23 heavy (non-hydrogen) atoms. The van der Waals surface area contributed by atoms with Gasteiger partial charge in [0.05, 0.1) is 18.2 Å². The van der Waals surface area contributed by atoms with Gasteiger partial charge in [0.25, 0.3) is 0 Å². The Bertz CT molecular complexity index is 934. The summed E-state index contributed by atoms with van der Waals surface area (Å²) in [5.41, 5.74) is 4.75. The van der Waals surface area contributed by atoms with Crippen molar-refractivity contribution >= 4 is 24.8 Å². The number of pyridine rings is 1. The molecular weight excluding hydrogens is 289 g/mol. The highest BCUT2D eigenvalue weighted by atomic mass is 16.3. The molecule has 0 bridgehead atoms. The minimum Gasteiger partial charge on any atom is -0.472 e. The fourth-order valence-electron chi connectivity index (χ4n) is 2.45. The van der Waals surface area contributed by atoms with Gasteiger partial charge in [-0.3, -0.25) is 4.98 Å². The molecule has 0 spiro atoms. The summed E-state index contributed by atoms with van der Waals surface area (Å²) in [6.07, 6.45) is 8.76. The Balaban J connectivity index is 1.75. The minimum absolute atomic E-state index is 0.663. The van der Waals surface area contributed by atoms with E-state index in [1.807, 2.05) is 49.0 Å². The maximum atomic E-state index is 5.17. The highest BCUT2D eigenvalue weighted by Crippen LogP contribution is 2.22. The molecule has 0 aliphatic rings. The molecule has 112 valence electrons. The zero-order valence-corrected chi connectivity index (χ0v) is 12.6. The van der Waals surface area contributed by atoms with Crippen LogP contribution < -0.4 is 10.8 Å². The first-order valence-corrected chi connectivity index (χ1v) is 7.32. The van der Waals surface area contributed by atoms with Gasteiger partial charge in [-0.2, -0.15) is 9.61 Å². The van der Waals surface area contributed by atoms with Gasteiger partial charge in [-0.1, -0.05) is 6.07 Å². The third-order valence-corrected chi connectivity index (χ3v) is 3.66. The molecule has 0 saturated carbocycles. The Kier molecular flexibility index (Phi) is 3.31. The number of nitrogens with zero attached hydrogens (tertiary/aromatic N) is 4. The van der Waals surface area contributed by atoms with Crippen LogP contribution >= 0.6 is 0 Å². The predicted octanol–water partition coefficient (Wildman–Crippen LogP) is 1.25. The number of aromatic nitrogens is 4. The summed E-state index contributed by atoms with van der Waals surface area (Å²) in [5, 5.41) is 7.81. The van der Waals surface area contributed by atoms with Crippen molar-refractivity contribution in [1.29, 1.82) is 0 Å². The van der Waals surface area contributed by atoms with Gasteiger partial charge in [-0.25, -0.2) is 4.98 Å². The molecule has 0 fully saturated rings. The van der Waals surface area contributed by atoms with Crippen molar-refractivity contribution in [2.75, 3.05) is 5.32 Å². The summed E-state index contributed by atoms with van der Waals surface area (Å²) < 4.78 is 6.99. The van der Waals surface area contributed by atoms with Gasteiger partial charge in [-0.05, 0) is 23.2 Å². The second-order valence-corrected chi connectivity index (χ2v) is 5.32. The summed E-state index contributed by atoms with van der Waals surface area (Å²) in [6.45, 7) is 0.663. The van der Waals surface area contributed by atoms with Crippen molar-refractivity contribution in [2.45, 2.75) is 6.54 Å². The first-order chi connectivity index (χ1) is 11.3. The normalized spacial score (nSPS) is 11.0. The van der Waals surface area contributed by atoms with Gasteiger partial charge in [-0.15, -0.1) is 0 Å². The molecule has 4 rings (SSSR count). The Morgan fingerprint density at radius 2 is 2.22 bits per heavy atom. The van der Waals surface area contributed by atoms with E-state index in [1.165, 1.54) is 0 Å². The minimum atomic E-state index is 0.663. The van der Waals surface area contributed by atoms with Crippen LogP contribution in [0.2, 0.25) is 0 Å². The molecule has 0 amide bonds. The first-order valence-electron chi connectivity index (χ1n) is 7.32. The molecule has 0 atom stereocenters. The highest BCUT2D eigenvalue weighted by Gasteiger charge is 2.11. The van der Waals surface area contributed by atoms with E-state index in [0.29, 0.717) is 6.54 Å². The Morgan fingerprint density at radius 1 is 1.26 bits per heavy atom.